The van der Waals surface area contributed by atoms with E-state index in [1.807, 2.05) is 7.05 Å². The molecule has 0 unspecified atom stereocenters. The zero-order valence-corrected chi connectivity index (χ0v) is 6.12. The lowest BCUT2D eigenvalue weighted by Gasteiger charge is -2.02. The van der Waals surface area contributed by atoms with Crippen molar-refractivity contribution in [2.75, 3.05) is 13.6 Å². The smallest absolute Gasteiger partial charge is 0.0916 e. The molecule has 1 aliphatic heterocycles. The molecule has 1 aliphatic rings. The van der Waals surface area contributed by atoms with Crippen LogP contribution in [0.25, 0.3) is 0 Å². The Kier molecular flexibility index (Phi) is 2.05. The fourth-order valence-electron chi connectivity index (χ4n) is 0.850. The SMILES string of the molecule is CNCCCC1(C)NN1. The average Bonchev–Trinajstić information content (AvgIpc) is 2.50. The van der Waals surface area contributed by atoms with Gasteiger partial charge in [-0.3, -0.25) is 0 Å². The Labute approximate surface area is 56.2 Å². The van der Waals surface area contributed by atoms with Gasteiger partial charge in [0.05, 0.1) is 5.66 Å². The first-order valence-electron chi connectivity index (χ1n) is 3.46. The molecular formula is C6H15N3. The van der Waals surface area contributed by atoms with Crippen LogP contribution in [0, 0.1) is 0 Å². The largest absolute Gasteiger partial charge is 0.320 e. The Morgan fingerprint density at radius 3 is 2.56 bits per heavy atom. The second-order valence-electron chi connectivity index (χ2n) is 2.79. The summed E-state index contributed by atoms with van der Waals surface area (Å²) in [6, 6.07) is 0. The Morgan fingerprint density at radius 1 is 1.44 bits per heavy atom. The van der Waals surface area contributed by atoms with Crippen LogP contribution in [-0.4, -0.2) is 19.3 Å². The van der Waals surface area contributed by atoms with Crippen LogP contribution in [0.15, 0.2) is 0 Å². The first-order valence-corrected chi connectivity index (χ1v) is 3.46. The summed E-state index contributed by atoms with van der Waals surface area (Å²) in [5.41, 5.74) is 6.44. The van der Waals surface area contributed by atoms with E-state index in [4.69, 9.17) is 0 Å². The Morgan fingerprint density at radius 2 is 2.11 bits per heavy atom. The van der Waals surface area contributed by atoms with E-state index in [9.17, 15) is 0 Å². The van der Waals surface area contributed by atoms with Gasteiger partial charge in [-0.2, -0.15) is 0 Å². The van der Waals surface area contributed by atoms with Crippen molar-refractivity contribution in [3.05, 3.63) is 0 Å². The molecule has 0 amide bonds. The summed E-state index contributed by atoms with van der Waals surface area (Å²) in [7, 11) is 1.98. The highest BCUT2D eigenvalue weighted by Gasteiger charge is 2.34. The van der Waals surface area contributed by atoms with E-state index in [0.29, 0.717) is 0 Å². The second kappa shape index (κ2) is 2.64. The van der Waals surface area contributed by atoms with E-state index < -0.39 is 0 Å². The molecule has 0 atom stereocenters. The van der Waals surface area contributed by atoms with Crippen LogP contribution < -0.4 is 16.2 Å². The van der Waals surface area contributed by atoms with Gasteiger partial charge in [0.1, 0.15) is 0 Å². The van der Waals surface area contributed by atoms with Gasteiger partial charge in [0, 0.05) is 0 Å². The van der Waals surface area contributed by atoms with Gasteiger partial charge in [-0.25, -0.2) is 10.9 Å². The monoisotopic (exact) mass is 129 g/mol. The molecule has 0 saturated carbocycles. The van der Waals surface area contributed by atoms with Crippen molar-refractivity contribution in [1.29, 1.82) is 0 Å². The Bertz CT molecular complexity index is 88.3. The normalized spacial score (nSPS) is 22.0. The molecule has 0 spiro atoms. The summed E-state index contributed by atoms with van der Waals surface area (Å²) >= 11 is 0. The first kappa shape index (κ1) is 6.99. The molecule has 0 aromatic carbocycles. The van der Waals surface area contributed by atoms with E-state index in [1.54, 1.807) is 0 Å². The summed E-state index contributed by atoms with van der Waals surface area (Å²) in [6.07, 6.45) is 2.43. The summed E-state index contributed by atoms with van der Waals surface area (Å²) in [4.78, 5) is 0. The number of hydrogen-bond donors (Lipinski definition) is 3. The van der Waals surface area contributed by atoms with Crippen molar-refractivity contribution < 1.29 is 0 Å². The van der Waals surface area contributed by atoms with Crippen molar-refractivity contribution in [2.45, 2.75) is 25.4 Å². The lowest BCUT2D eigenvalue weighted by atomic mass is 10.1. The molecule has 0 aliphatic carbocycles. The lowest BCUT2D eigenvalue weighted by Crippen LogP contribution is -2.15. The van der Waals surface area contributed by atoms with E-state index in [1.165, 1.54) is 12.8 Å². The molecule has 3 heteroatoms. The third kappa shape index (κ3) is 2.30. The zero-order chi connectivity index (χ0) is 6.74. The van der Waals surface area contributed by atoms with E-state index in [2.05, 4.69) is 23.1 Å². The van der Waals surface area contributed by atoms with E-state index in [0.717, 1.165) is 6.54 Å². The maximum atomic E-state index is 3.11. The highest BCUT2D eigenvalue weighted by atomic mass is 15.7. The molecule has 0 aromatic rings. The summed E-state index contributed by atoms with van der Waals surface area (Å²) in [5.74, 6) is 0. The number of hydrazine groups is 1. The van der Waals surface area contributed by atoms with Crippen LogP contribution in [0.4, 0.5) is 0 Å². The molecule has 1 saturated heterocycles. The Hall–Kier alpha value is -0.120. The maximum Gasteiger partial charge on any atom is 0.0916 e. The maximum absolute atomic E-state index is 3.11. The van der Waals surface area contributed by atoms with Crippen molar-refractivity contribution in [2.24, 2.45) is 0 Å². The van der Waals surface area contributed by atoms with Gasteiger partial charge in [0.2, 0.25) is 0 Å². The molecule has 0 aromatic heterocycles. The molecule has 3 N–H and O–H groups in total. The fourth-order valence-corrected chi connectivity index (χ4v) is 0.850. The van der Waals surface area contributed by atoms with Gasteiger partial charge in [0.25, 0.3) is 0 Å². The minimum absolute atomic E-state index is 0.261. The minimum atomic E-state index is 0.261. The average molecular weight is 129 g/mol. The molecule has 0 bridgehead atoms. The summed E-state index contributed by atoms with van der Waals surface area (Å²) in [5, 5.41) is 3.11. The number of hydrogen-bond acceptors (Lipinski definition) is 3. The Balaban J connectivity index is 1.92. The van der Waals surface area contributed by atoms with Gasteiger partial charge in [-0.15, -0.1) is 0 Å². The van der Waals surface area contributed by atoms with Crippen molar-refractivity contribution in [3.8, 4) is 0 Å². The molecule has 1 heterocycles. The standard InChI is InChI=1S/C6H15N3/c1-6(8-9-6)4-3-5-7-2/h7-9H,3-5H2,1-2H3. The van der Waals surface area contributed by atoms with Gasteiger partial charge in [0.15, 0.2) is 0 Å². The van der Waals surface area contributed by atoms with Crippen LogP contribution in [0.5, 0.6) is 0 Å². The third-order valence-electron chi connectivity index (χ3n) is 1.66. The lowest BCUT2D eigenvalue weighted by molar-refractivity contribution is 0.557. The van der Waals surface area contributed by atoms with Crippen molar-refractivity contribution >= 4 is 0 Å². The molecule has 54 valence electrons. The quantitative estimate of drug-likeness (QED) is 0.364. The predicted molar refractivity (Wildman–Crippen MR) is 37.8 cm³/mol. The first-order chi connectivity index (χ1) is 4.27. The second-order valence-corrected chi connectivity index (χ2v) is 2.79. The zero-order valence-electron chi connectivity index (χ0n) is 6.12. The topological polar surface area (TPSA) is 55.9 Å². The highest BCUT2D eigenvalue weighted by molar-refractivity contribution is 4.88. The van der Waals surface area contributed by atoms with Crippen LogP contribution in [0.1, 0.15) is 19.8 Å². The van der Waals surface area contributed by atoms with Crippen molar-refractivity contribution in [1.82, 2.24) is 16.2 Å². The highest BCUT2D eigenvalue weighted by Crippen LogP contribution is 2.14. The van der Waals surface area contributed by atoms with Gasteiger partial charge < -0.3 is 5.32 Å². The fraction of sp³-hybridized carbons (Fsp3) is 1.00. The predicted octanol–water partition coefficient (Wildman–Crippen LogP) is -0.190. The van der Waals surface area contributed by atoms with E-state index >= 15 is 0 Å². The van der Waals surface area contributed by atoms with Gasteiger partial charge in [-0.05, 0) is 33.4 Å². The number of nitrogens with one attached hydrogen (secondary N) is 3. The van der Waals surface area contributed by atoms with E-state index in [-0.39, 0.29) is 5.66 Å². The molecule has 1 fully saturated rings. The van der Waals surface area contributed by atoms with Crippen LogP contribution in [0.2, 0.25) is 0 Å². The summed E-state index contributed by atoms with van der Waals surface area (Å²) < 4.78 is 0. The van der Waals surface area contributed by atoms with Crippen LogP contribution in [0.3, 0.4) is 0 Å². The van der Waals surface area contributed by atoms with Gasteiger partial charge in [-0.1, -0.05) is 0 Å². The summed E-state index contributed by atoms with van der Waals surface area (Å²) in [6.45, 7) is 3.28. The molecule has 0 radical (unpaired) electrons. The number of rotatable bonds is 4. The third-order valence-corrected chi connectivity index (χ3v) is 1.66. The van der Waals surface area contributed by atoms with Crippen LogP contribution in [-0.2, 0) is 0 Å². The van der Waals surface area contributed by atoms with Gasteiger partial charge >= 0.3 is 0 Å². The molecule has 3 nitrogen and oxygen atoms in total. The molecule has 9 heavy (non-hydrogen) atoms. The molecule has 1 rings (SSSR count). The van der Waals surface area contributed by atoms with Crippen molar-refractivity contribution in [3.63, 3.8) is 0 Å². The minimum Gasteiger partial charge on any atom is -0.320 e. The molecular weight excluding hydrogens is 114 g/mol. The van der Waals surface area contributed by atoms with Crippen LogP contribution >= 0.6 is 0 Å².